The van der Waals surface area contributed by atoms with Gasteiger partial charge in [0.15, 0.2) is 5.82 Å². The van der Waals surface area contributed by atoms with Crippen LogP contribution in [0.25, 0.3) is 22.1 Å². The van der Waals surface area contributed by atoms with E-state index in [2.05, 4.69) is 30.2 Å². The van der Waals surface area contributed by atoms with Gasteiger partial charge >= 0.3 is 0 Å². The van der Waals surface area contributed by atoms with E-state index in [0.29, 0.717) is 49.0 Å². The maximum atomic E-state index is 12.2. The molecule has 0 spiro atoms. The third-order valence-corrected chi connectivity index (χ3v) is 7.35. The van der Waals surface area contributed by atoms with Crippen LogP contribution in [-0.2, 0) is 16.6 Å². The van der Waals surface area contributed by atoms with E-state index in [9.17, 15) is 4.79 Å². The summed E-state index contributed by atoms with van der Waals surface area (Å²) in [5.41, 5.74) is 4.99. The third kappa shape index (κ3) is 4.41. The smallest absolute Gasteiger partial charge is 0.249 e. The van der Waals surface area contributed by atoms with Gasteiger partial charge in [-0.15, -0.1) is 0 Å². The fourth-order valence-electron chi connectivity index (χ4n) is 5.25. The van der Waals surface area contributed by atoms with Crippen molar-refractivity contribution in [2.75, 3.05) is 43.1 Å². The van der Waals surface area contributed by atoms with Crippen LogP contribution in [0.2, 0.25) is 0 Å². The molecule has 5 aromatic rings. The van der Waals surface area contributed by atoms with Crippen LogP contribution >= 0.6 is 0 Å². The number of carbonyl (C=O) groups excluding carboxylic acids is 1. The minimum atomic E-state index is -0.00602. The van der Waals surface area contributed by atoms with Crippen molar-refractivity contribution in [2.24, 2.45) is 7.05 Å². The van der Waals surface area contributed by atoms with Crippen LogP contribution in [0.1, 0.15) is 5.56 Å². The van der Waals surface area contributed by atoms with Crippen LogP contribution < -0.4 is 15.0 Å². The number of benzene rings is 2. The maximum Gasteiger partial charge on any atom is 0.249 e. The summed E-state index contributed by atoms with van der Waals surface area (Å²) >= 11 is 0. The largest absolute Gasteiger partial charge is 0.457 e. The topological polar surface area (TPSA) is 123 Å². The molecule has 40 heavy (non-hydrogen) atoms. The standard InChI is InChI=1S/C28H27N9O3/c1-17-9-18(3-6-24(17)40-20-4-5-23-21(10-20)32-16-35(23)2)33-27-26-22(30-15-31-27)11-29-28(34-26)36-7-8-37-19(12-36)13-39-14-25(37)38/h3-6,9-11,15-16,19H,7-8,12-14H2,1-2H3,(H,30,31,33)/t19-/m1/s1. The summed E-state index contributed by atoms with van der Waals surface area (Å²) in [4.78, 5) is 38.7. The molecular weight excluding hydrogens is 510 g/mol. The lowest BCUT2D eigenvalue weighted by Crippen LogP contribution is -2.60. The van der Waals surface area contributed by atoms with Gasteiger partial charge in [0.1, 0.15) is 35.5 Å². The number of anilines is 3. The normalized spacial score (nSPS) is 17.4. The van der Waals surface area contributed by atoms with Gasteiger partial charge in [-0.1, -0.05) is 0 Å². The molecule has 12 nitrogen and oxygen atoms in total. The molecule has 2 saturated heterocycles. The summed E-state index contributed by atoms with van der Waals surface area (Å²) < 4.78 is 13.6. The second-order valence-electron chi connectivity index (χ2n) is 10.0. The van der Waals surface area contributed by atoms with Gasteiger partial charge in [-0.05, 0) is 42.8 Å². The third-order valence-electron chi connectivity index (χ3n) is 7.35. The lowest BCUT2D eigenvalue weighted by atomic mass is 10.1. The van der Waals surface area contributed by atoms with Crippen molar-refractivity contribution in [1.29, 1.82) is 0 Å². The Morgan fingerprint density at radius 2 is 1.98 bits per heavy atom. The molecule has 2 aromatic carbocycles. The average molecular weight is 538 g/mol. The summed E-state index contributed by atoms with van der Waals surface area (Å²) in [6.45, 7) is 4.55. The SMILES string of the molecule is Cc1cc(Nc2ncnc3cnc(N4CCN5C(=O)COC[C@H]5C4)nc23)ccc1Oc1ccc2c(c1)ncn2C. The number of amides is 1. The molecule has 2 aliphatic heterocycles. The number of aromatic nitrogens is 6. The zero-order valence-corrected chi connectivity index (χ0v) is 22.1. The fraction of sp³-hybridized carbons (Fsp3) is 0.286. The molecule has 2 aliphatic rings. The number of rotatable bonds is 5. The van der Waals surface area contributed by atoms with Crippen molar-refractivity contribution in [3.63, 3.8) is 0 Å². The molecule has 0 aliphatic carbocycles. The Morgan fingerprint density at radius 1 is 1.05 bits per heavy atom. The van der Waals surface area contributed by atoms with Crippen molar-refractivity contribution in [3.05, 3.63) is 60.8 Å². The Balaban J connectivity index is 1.11. The molecule has 5 heterocycles. The molecule has 2 fully saturated rings. The monoisotopic (exact) mass is 537 g/mol. The van der Waals surface area contributed by atoms with E-state index in [1.807, 2.05) is 59.8 Å². The van der Waals surface area contributed by atoms with Gasteiger partial charge in [0.05, 0.1) is 36.2 Å². The van der Waals surface area contributed by atoms with E-state index in [1.165, 1.54) is 6.33 Å². The van der Waals surface area contributed by atoms with Crippen LogP contribution in [0.5, 0.6) is 11.5 Å². The molecule has 3 aromatic heterocycles. The summed E-state index contributed by atoms with van der Waals surface area (Å²) in [5, 5.41) is 3.39. The van der Waals surface area contributed by atoms with E-state index in [0.717, 1.165) is 33.8 Å². The highest BCUT2D eigenvalue weighted by molar-refractivity contribution is 5.87. The minimum absolute atomic E-state index is 0.00602. The molecule has 0 radical (unpaired) electrons. The Hall–Kier alpha value is -4.84. The van der Waals surface area contributed by atoms with Crippen LogP contribution in [0.4, 0.5) is 17.5 Å². The van der Waals surface area contributed by atoms with Crippen LogP contribution in [-0.4, -0.2) is 79.2 Å². The molecule has 1 atom stereocenters. The van der Waals surface area contributed by atoms with Crippen LogP contribution in [0.15, 0.2) is 55.2 Å². The van der Waals surface area contributed by atoms with Crippen molar-refractivity contribution < 1.29 is 14.3 Å². The quantitative estimate of drug-likeness (QED) is 0.357. The van der Waals surface area contributed by atoms with Gasteiger partial charge in [-0.3, -0.25) is 4.79 Å². The van der Waals surface area contributed by atoms with Gasteiger partial charge in [0.25, 0.3) is 0 Å². The first-order valence-corrected chi connectivity index (χ1v) is 13.1. The second-order valence-corrected chi connectivity index (χ2v) is 10.0. The summed E-state index contributed by atoms with van der Waals surface area (Å²) in [7, 11) is 1.97. The van der Waals surface area contributed by atoms with Crippen LogP contribution in [0, 0.1) is 6.92 Å². The Labute approximate surface area is 229 Å². The molecule has 12 heteroatoms. The van der Waals surface area contributed by atoms with E-state index in [-0.39, 0.29) is 18.6 Å². The Bertz CT molecular complexity index is 1750. The first-order chi connectivity index (χ1) is 19.5. The highest BCUT2D eigenvalue weighted by Gasteiger charge is 2.34. The van der Waals surface area contributed by atoms with Gasteiger partial charge in [-0.25, -0.2) is 24.9 Å². The van der Waals surface area contributed by atoms with Gasteiger partial charge in [0, 0.05) is 38.4 Å². The van der Waals surface area contributed by atoms with Crippen molar-refractivity contribution in [1.82, 2.24) is 34.4 Å². The number of fused-ring (bicyclic) bond motifs is 3. The average Bonchev–Trinajstić information content (AvgIpc) is 3.34. The number of nitrogens with one attached hydrogen (secondary N) is 1. The number of ether oxygens (including phenoxy) is 2. The molecule has 202 valence electrons. The predicted octanol–water partition coefficient (Wildman–Crippen LogP) is 3.20. The summed E-state index contributed by atoms with van der Waals surface area (Å²) in [6, 6.07) is 11.7. The fourth-order valence-corrected chi connectivity index (χ4v) is 5.25. The molecule has 1 amide bonds. The number of carbonyl (C=O) groups is 1. The summed E-state index contributed by atoms with van der Waals surface area (Å²) in [5.74, 6) is 2.68. The van der Waals surface area contributed by atoms with E-state index < -0.39 is 0 Å². The molecule has 0 bridgehead atoms. The zero-order valence-electron chi connectivity index (χ0n) is 22.1. The minimum Gasteiger partial charge on any atom is -0.457 e. The maximum absolute atomic E-state index is 12.2. The Morgan fingerprint density at radius 3 is 2.88 bits per heavy atom. The predicted molar refractivity (Wildman–Crippen MR) is 149 cm³/mol. The van der Waals surface area contributed by atoms with E-state index >= 15 is 0 Å². The molecular formula is C28H27N9O3. The molecule has 7 rings (SSSR count). The van der Waals surface area contributed by atoms with Crippen molar-refractivity contribution >= 4 is 45.4 Å². The van der Waals surface area contributed by atoms with E-state index in [4.69, 9.17) is 14.5 Å². The van der Waals surface area contributed by atoms with Crippen molar-refractivity contribution in [3.8, 4) is 11.5 Å². The van der Waals surface area contributed by atoms with Gasteiger partial charge < -0.3 is 29.2 Å². The number of aryl methyl sites for hydroxylation is 2. The number of nitrogens with zero attached hydrogens (tertiary/aromatic N) is 8. The van der Waals surface area contributed by atoms with Crippen LogP contribution in [0.3, 0.4) is 0 Å². The van der Waals surface area contributed by atoms with Gasteiger partial charge in [-0.2, -0.15) is 0 Å². The number of hydrogen-bond donors (Lipinski definition) is 1. The lowest BCUT2D eigenvalue weighted by molar-refractivity contribution is -0.148. The lowest BCUT2D eigenvalue weighted by Gasteiger charge is -2.43. The highest BCUT2D eigenvalue weighted by Crippen LogP contribution is 2.31. The number of piperazine rings is 1. The Kier molecular flexibility index (Phi) is 5.89. The zero-order chi connectivity index (χ0) is 27.2. The highest BCUT2D eigenvalue weighted by atomic mass is 16.5. The number of morpholine rings is 1. The number of hydrogen-bond acceptors (Lipinski definition) is 10. The summed E-state index contributed by atoms with van der Waals surface area (Å²) in [6.07, 6.45) is 4.99. The molecule has 0 saturated carbocycles. The van der Waals surface area contributed by atoms with E-state index in [1.54, 1.807) is 12.5 Å². The number of imidazole rings is 1. The first-order valence-electron chi connectivity index (χ1n) is 13.1. The van der Waals surface area contributed by atoms with Crippen molar-refractivity contribution in [2.45, 2.75) is 13.0 Å². The molecule has 1 N–H and O–H groups in total. The second kappa shape index (κ2) is 9.72. The molecule has 0 unspecified atom stereocenters. The first kappa shape index (κ1) is 24.2. The van der Waals surface area contributed by atoms with Gasteiger partial charge in [0.2, 0.25) is 11.9 Å².